The number of thioether (sulfide) groups is 2. The SMILES string of the molecule is COC(=O)c1cc(F)cc2c1-n1ncc(Br)c1C21SCCS1. The van der Waals surface area contributed by atoms with Crippen LogP contribution < -0.4 is 0 Å². The van der Waals surface area contributed by atoms with Gasteiger partial charge in [0.1, 0.15) is 9.90 Å². The van der Waals surface area contributed by atoms with Crippen molar-refractivity contribution in [3.8, 4) is 5.69 Å². The number of ether oxygens (including phenoxy) is 1. The molecule has 1 aromatic carbocycles. The number of fused-ring (bicyclic) bond motifs is 5. The third kappa shape index (κ3) is 1.77. The molecule has 0 saturated carbocycles. The Kier molecular flexibility index (Phi) is 3.32. The summed E-state index contributed by atoms with van der Waals surface area (Å²) in [6, 6.07) is 2.72. The molecule has 2 aromatic rings. The molecule has 22 heavy (non-hydrogen) atoms. The van der Waals surface area contributed by atoms with Crippen LogP contribution in [0.15, 0.2) is 22.8 Å². The highest BCUT2D eigenvalue weighted by molar-refractivity contribution is 9.10. The topological polar surface area (TPSA) is 44.1 Å². The van der Waals surface area contributed by atoms with Crippen molar-refractivity contribution in [1.82, 2.24) is 9.78 Å². The van der Waals surface area contributed by atoms with Crippen molar-refractivity contribution in [3.63, 3.8) is 0 Å². The smallest absolute Gasteiger partial charge is 0.340 e. The first-order valence-corrected chi connectivity index (χ1v) is 9.29. The zero-order chi connectivity index (χ0) is 15.5. The van der Waals surface area contributed by atoms with Crippen molar-refractivity contribution in [2.45, 2.75) is 4.08 Å². The number of hydrogen-bond donors (Lipinski definition) is 0. The highest BCUT2D eigenvalue weighted by Crippen LogP contribution is 2.62. The first-order chi connectivity index (χ1) is 10.6. The fraction of sp³-hybridized carbons (Fsp3) is 0.286. The minimum absolute atomic E-state index is 0.208. The molecular weight excluding hydrogens is 391 g/mol. The minimum Gasteiger partial charge on any atom is -0.465 e. The Labute approximate surface area is 142 Å². The van der Waals surface area contributed by atoms with E-state index in [1.54, 1.807) is 34.4 Å². The van der Waals surface area contributed by atoms with E-state index in [2.05, 4.69) is 21.0 Å². The molecule has 0 aliphatic carbocycles. The van der Waals surface area contributed by atoms with Crippen LogP contribution in [0.5, 0.6) is 0 Å². The van der Waals surface area contributed by atoms with Crippen molar-refractivity contribution in [2.75, 3.05) is 18.6 Å². The fourth-order valence-corrected chi connectivity index (χ4v) is 7.15. The lowest BCUT2D eigenvalue weighted by atomic mass is 10.1. The number of benzene rings is 1. The Balaban J connectivity index is 2.09. The van der Waals surface area contributed by atoms with Crippen LogP contribution in [0.2, 0.25) is 0 Å². The van der Waals surface area contributed by atoms with E-state index >= 15 is 0 Å². The summed E-state index contributed by atoms with van der Waals surface area (Å²) in [6.45, 7) is 0. The predicted molar refractivity (Wildman–Crippen MR) is 88.3 cm³/mol. The first kappa shape index (κ1) is 14.6. The number of carbonyl (C=O) groups is 1. The van der Waals surface area contributed by atoms with Crippen molar-refractivity contribution < 1.29 is 13.9 Å². The van der Waals surface area contributed by atoms with Crippen LogP contribution in [0.1, 0.15) is 21.6 Å². The van der Waals surface area contributed by atoms with Gasteiger partial charge >= 0.3 is 5.97 Å². The van der Waals surface area contributed by atoms with E-state index in [4.69, 9.17) is 4.74 Å². The molecule has 1 aromatic heterocycles. The Morgan fingerprint density at radius 1 is 1.45 bits per heavy atom. The standard InChI is InChI=1S/C14H10BrFN2O2S2/c1-20-13(19)8-4-7(16)5-9-11(8)18-12(10(15)6-17-18)14(9)21-2-3-22-14/h4-6H,2-3H2,1H3. The van der Waals surface area contributed by atoms with Gasteiger partial charge < -0.3 is 4.74 Å². The number of rotatable bonds is 1. The van der Waals surface area contributed by atoms with Gasteiger partial charge in [-0.25, -0.2) is 13.9 Å². The van der Waals surface area contributed by atoms with Crippen LogP contribution in [0.4, 0.5) is 4.39 Å². The van der Waals surface area contributed by atoms with Crippen molar-refractivity contribution in [3.05, 3.63) is 45.4 Å². The van der Waals surface area contributed by atoms with E-state index in [9.17, 15) is 9.18 Å². The average molecular weight is 401 g/mol. The highest BCUT2D eigenvalue weighted by Gasteiger charge is 2.51. The van der Waals surface area contributed by atoms with Crippen LogP contribution in [0.25, 0.3) is 5.69 Å². The normalized spacial score (nSPS) is 17.6. The molecule has 0 amide bonds. The lowest BCUT2D eigenvalue weighted by Crippen LogP contribution is -2.14. The van der Waals surface area contributed by atoms with Gasteiger partial charge in [0, 0.05) is 17.1 Å². The third-order valence-electron chi connectivity index (χ3n) is 3.78. The molecule has 0 bridgehead atoms. The van der Waals surface area contributed by atoms with Crippen LogP contribution in [0, 0.1) is 5.82 Å². The van der Waals surface area contributed by atoms with Gasteiger partial charge in [0.2, 0.25) is 0 Å². The lowest BCUT2D eigenvalue weighted by molar-refractivity contribution is 0.0600. The molecule has 0 N–H and O–H groups in total. The molecule has 8 heteroatoms. The molecule has 2 aliphatic heterocycles. The zero-order valence-electron chi connectivity index (χ0n) is 11.4. The monoisotopic (exact) mass is 400 g/mol. The van der Waals surface area contributed by atoms with Gasteiger partial charge in [0.25, 0.3) is 0 Å². The quantitative estimate of drug-likeness (QED) is 0.684. The number of carbonyl (C=O) groups excluding carboxylic acids is 1. The van der Waals surface area contributed by atoms with E-state index in [0.717, 1.165) is 27.2 Å². The maximum absolute atomic E-state index is 14.1. The van der Waals surface area contributed by atoms with Crippen LogP contribution >= 0.6 is 39.5 Å². The largest absolute Gasteiger partial charge is 0.465 e. The number of aromatic nitrogens is 2. The highest BCUT2D eigenvalue weighted by atomic mass is 79.9. The maximum Gasteiger partial charge on any atom is 0.340 e. The van der Waals surface area contributed by atoms with Crippen molar-refractivity contribution in [1.29, 1.82) is 0 Å². The molecule has 3 heterocycles. The van der Waals surface area contributed by atoms with E-state index in [0.29, 0.717) is 5.69 Å². The molecule has 2 aliphatic rings. The van der Waals surface area contributed by atoms with Crippen LogP contribution in [-0.2, 0) is 8.82 Å². The molecule has 4 rings (SSSR count). The summed E-state index contributed by atoms with van der Waals surface area (Å²) in [5, 5.41) is 4.38. The second-order valence-electron chi connectivity index (χ2n) is 4.91. The second-order valence-corrected chi connectivity index (χ2v) is 8.64. The van der Waals surface area contributed by atoms with Gasteiger partial charge in [-0.15, -0.1) is 23.5 Å². The van der Waals surface area contributed by atoms with Gasteiger partial charge in [-0.3, -0.25) is 0 Å². The number of halogens is 2. The summed E-state index contributed by atoms with van der Waals surface area (Å²) in [5.41, 5.74) is 2.56. The predicted octanol–water partition coefficient (Wildman–Crippen LogP) is 3.56. The number of methoxy groups -OCH3 is 1. The van der Waals surface area contributed by atoms with Crippen LogP contribution in [0.3, 0.4) is 0 Å². The van der Waals surface area contributed by atoms with Crippen molar-refractivity contribution in [2.24, 2.45) is 0 Å². The molecule has 114 valence electrons. The number of hydrogen-bond acceptors (Lipinski definition) is 5. The van der Waals surface area contributed by atoms with E-state index in [1.807, 2.05) is 0 Å². The second kappa shape index (κ2) is 5.01. The first-order valence-electron chi connectivity index (χ1n) is 6.53. The fourth-order valence-electron chi connectivity index (χ4n) is 2.97. The molecular formula is C14H10BrFN2O2S2. The third-order valence-corrected chi connectivity index (χ3v) is 7.78. The van der Waals surface area contributed by atoms with E-state index in [-0.39, 0.29) is 5.56 Å². The molecule has 0 atom stereocenters. The molecule has 0 radical (unpaired) electrons. The molecule has 4 nitrogen and oxygen atoms in total. The zero-order valence-corrected chi connectivity index (χ0v) is 14.6. The van der Waals surface area contributed by atoms with Gasteiger partial charge in [0.05, 0.1) is 34.7 Å². The summed E-state index contributed by atoms with van der Waals surface area (Å²) >= 11 is 7.03. The van der Waals surface area contributed by atoms with E-state index in [1.165, 1.54) is 19.2 Å². The van der Waals surface area contributed by atoms with E-state index < -0.39 is 15.9 Å². The van der Waals surface area contributed by atoms with Gasteiger partial charge in [-0.05, 0) is 28.1 Å². The molecule has 1 fully saturated rings. The minimum atomic E-state index is -0.557. The summed E-state index contributed by atoms with van der Waals surface area (Å²) in [6.07, 6.45) is 1.71. The Hall–Kier alpha value is -0.990. The molecule has 1 saturated heterocycles. The van der Waals surface area contributed by atoms with Crippen molar-refractivity contribution >= 4 is 45.4 Å². The van der Waals surface area contributed by atoms with Crippen LogP contribution in [-0.4, -0.2) is 34.4 Å². The van der Waals surface area contributed by atoms with Gasteiger partial charge in [-0.2, -0.15) is 5.10 Å². The summed E-state index contributed by atoms with van der Waals surface area (Å²) < 4.78 is 21.1. The summed E-state index contributed by atoms with van der Waals surface area (Å²) in [5.74, 6) is 0.935. The summed E-state index contributed by atoms with van der Waals surface area (Å²) in [4.78, 5) is 12.1. The number of esters is 1. The molecule has 1 spiro atoms. The Morgan fingerprint density at radius 2 is 2.18 bits per heavy atom. The lowest BCUT2D eigenvalue weighted by Gasteiger charge is -2.22. The summed E-state index contributed by atoms with van der Waals surface area (Å²) in [7, 11) is 1.29. The Morgan fingerprint density at radius 3 is 2.86 bits per heavy atom. The maximum atomic E-state index is 14.1. The average Bonchev–Trinajstić information content (AvgIpc) is 3.18. The number of nitrogens with zero attached hydrogens (tertiary/aromatic N) is 2. The van der Waals surface area contributed by atoms with Gasteiger partial charge in [-0.1, -0.05) is 0 Å². The Bertz CT molecular complexity index is 802. The van der Waals surface area contributed by atoms with Gasteiger partial charge in [0.15, 0.2) is 0 Å². The molecule has 0 unspecified atom stereocenters.